The Morgan fingerprint density at radius 3 is 2.73 bits per heavy atom. The number of benzene rings is 1. The van der Waals surface area contributed by atoms with Gasteiger partial charge in [0.25, 0.3) is 0 Å². The van der Waals surface area contributed by atoms with E-state index in [1.165, 1.54) is 0 Å². The maximum absolute atomic E-state index is 12.0. The third-order valence-corrected chi connectivity index (χ3v) is 6.21. The second-order valence-corrected chi connectivity index (χ2v) is 8.40. The summed E-state index contributed by atoms with van der Waals surface area (Å²) in [6, 6.07) is 7.77. The van der Waals surface area contributed by atoms with E-state index < -0.39 is 0 Å². The molecule has 1 aliphatic heterocycles. The molecule has 6 rings (SSSR count). The zero-order chi connectivity index (χ0) is 22.2. The maximum atomic E-state index is 12.0. The third kappa shape index (κ3) is 3.88. The van der Waals surface area contributed by atoms with Gasteiger partial charge in [-0.1, -0.05) is 0 Å². The Morgan fingerprint density at radius 2 is 1.88 bits per heavy atom. The van der Waals surface area contributed by atoms with Crippen molar-refractivity contribution in [3.63, 3.8) is 0 Å². The number of rotatable bonds is 5. The van der Waals surface area contributed by atoms with Crippen LogP contribution in [-0.2, 0) is 17.7 Å². The van der Waals surface area contributed by atoms with E-state index in [1.807, 2.05) is 36.7 Å². The van der Waals surface area contributed by atoms with Crippen molar-refractivity contribution in [3.8, 4) is 11.6 Å². The van der Waals surface area contributed by atoms with Crippen molar-refractivity contribution in [2.75, 3.05) is 31.6 Å². The van der Waals surface area contributed by atoms with E-state index in [4.69, 9.17) is 9.15 Å². The first-order valence-electron chi connectivity index (χ1n) is 11.2. The molecule has 0 saturated carbocycles. The van der Waals surface area contributed by atoms with E-state index in [2.05, 4.69) is 25.2 Å². The highest BCUT2D eigenvalue weighted by Gasteiger charge is 2.22. The zero-order valence-electron chi connectivity index (χ0n) is 18.1. The van der Waals surface area contributed by atoms with Crippen LogP contribution in [0.4, 0.5) is 11.4 Å². The molecule has 166 valence electrons. The van der Waals surface area contributed by atoms with Crippen LogP contribution in [0.3, 0.4) is 0 Å². The molecule has 0 amide bonds. The fourth-order valence-corrected chi connectivity index (χ4v) is 4.48. The van der Waals surface area contributed by atoms with Crippen LogP contribution in [0.5, 0.6) is 0 Å². The summed E-state index contributed by atoms with van der Waals surface area (Å²) in [7, 11) is 0. The van der Waals surface area contributed by atoms with E-state index in [0.717, 1.165) is 72.7 Å². The minimum atomic E-state index is 0.211. The number of morpholine rings is 1. The molecule has 4 heterocycles. The number of nitrogens with one attached hydrogen (secondary N) is 1. The molecule has 8 nitrogen and oxygen atoms in total. The van der Waals surface area contributed by atoms with Crippen LogP contribution in [0.15, 0.2) is 53.5 Å². The van der Waals surface area contributed by atoms with Crippen LogP contribution in [0.1, 0.15) is 27.9 Å². The number of carbonyl (C=O) groups excluding carboxylic acids is 1. The van der Waals surface area contributed by atoms with E-state index in [0.29, 0.717) is 23.6 Å². The van der Waals surface area contributed by atoms with E-state index in [1.54, 1.807) is 12.4 Å². The molecule has 0 bridgehead atoms. The summed E-state index contributed by atoms with van der Waals surface area (Å²) in [4.78, 5) is 27.7. The van der Waals surface area contributed by atoms with Gasteiger partial charge >= 0.3 is 0 Å². The minimum absolute atomic E-state index is 0.211. The van der Waals surface area contributed by atoms with E-state index in [9.17, 15) is 4.79 Å². The normalized spacial score (nSPS) is 16.3. The van der Waals surface area contributed by atoms with Crippen molar-refractivity contribution >= 4 is 28.1 Å². The fourth-order valence-electron chi connectivity index (χ4n) is 4.48. The molecule has 4 aromatic rings. The molecule has 1 fully saturated rings. The Kier molecular flexibility index (Phi) is 5.09. The standard InChI is InChI=1S/C25H23N5O3/c31-21-4-1-17-11-18(2-3-19(17)21)29-23-20-5-6-26-14-22(20)33-24(23)25-27-12-16(13-28-25)15-30-7-9-32-10-8-30/h2-3,5-6,11-14,29H,1,4,7-10,15H2. The molecule has 2 aliphatic rings. The molecule has 33 heavy (non-hydrogen) atoms. The first kappa shape index (κ1) is 20.0. The second kappa shape index (κ2) is 8.38. The molecule has 3 aromatic heterocycles. The van der Waals surface area contributed by atoms with Gasteiger partial charge in [0.1, 0.15) is 0 Å². The molecule has 8 heteroatoms. The average Bonchev–Trinajstić information content (AvgIpc) is 3.41. The minimum Gasteiger partial charge on any atom is -0.449 e. The van der Waals surface area contributed by atoms with Crippen LogP contribution < -0.4 is 5.32 Å². The Hall–Kier alpha value is -3.62. The molecular weight excluding hydrogens is 418 g/mol. The number of carbonyl (C=O) groups is 1. The lowest BCUT2D eigenvalue weighted by Gasteiger charge is -2.26. The van der Waals surface area contributed by atoms with Crippen molar-refractivity contribution in [1.82, 2.24) is 19.9 Å². The molecule has 1 aliphatic carbocycles. The molecule has 1 N–H and O–H groups in total. The largest absolute Gasteiger partial charge is 0.449 e. The molecule has 0 spiro atoms. The van der Waals surface area contributed by atoms with Gasteiger partial charge < -0.3 is 14.5 Å². The van der Waals surface area contributed by atoms with Gasteiger partial charge in [-0.25, -0.2) is 9.97 Å². The first-order chi connectivity index (χ1) is 16.2. The van der Waals surface area contributed by atoms with Crippen molar-refractivity contribution in [2.24, 2.45) is 0 Å². The van der Waals surface area contributed by atoms with Gasteiger partial charge in [-0.3, -0.25) is 14.7 Å². The predicted molar refractivity (Wildman–Crippen MR) is 124 cm³/mol. The summed E-state index contributed by atoms with van der Waals surface area (Å²) >= 11 is 0. The van der Waals surface area contributed by atoms with Crippen molar-refractivity contribution in [3.05, 3.63) is 65.7 Å². The molecular formula is C25H23N5O3. The number of ketones is 1. The zero-order valence-corrected chi connectivity index (χ0v) is 18.1. The Morgan fingerprint density at radius 1 is 1.03 bits per heavy atom. The van der Waals surface area contributed by atoms with Gasteiger partial charge in [0.05, 0.1) is 25.1 Å². The average molecular weight is 441 g/mol. The molecule has 0 atom stereocenters. The first-order valence-corrected chi connectivity index (χ1v) is 11.2. The highest BCUT2D eigenvalue weighted by Crippen LogP contribution is 2.38. The Balaban J connectivity index is 1.32. The number of anilines is 2. The van der Waals surface area contributed by atoms with Gasteiger partial charge in [0.2, 0.25) is 0 Å². The molecule has 0 unspecified atom stereocenters. The van der Waals surface area contributed by atoms with Gasteiger partial charge in [-0.05, 0) is 36.2 Å². The summed E-state index contributed by atoms with van der Waals surface area (Å²) in [6.07, 6.45) is 8.50. The fraction of sp³-hybridized carbons (Fsp3) is 0.280. The SMILES string of the molecule is O=C1CCc2cc(Nc3c(-c4ncc(CN5CCOCC5)cn4)oc4cnccc34)ccc21. The summed E-state index contributed by atoms with van der Waals surface area (Å²) in [6.45, 7) is 4.15. The lowest BCUT2D eigenvalue weighted by molar-refractivity contribution is 0.0341. The highest BCUT2D eigenvalue weighted by molar-refractivity contribution is 6.02. The number of aromatic nitrogens is 3. The number of hydrogen-bond acceptors (Lipinski definition) is 8. The second-order valence-electron chi connectivity index (χ2n) is 8.40. The molecule has 1 aromatic carbocycles. The van der Waals surface area contributed by atoms with Crippen molar-refractivity contribution < 1.29 is 13.9 Å². The van der Waals surface area contributed by atoms with E-state index in [-0.39, 0.29) is 5.78 Å². The number of hydrogen-bond donors (Lipinski definition) is 1. The van der Waals surface area contributed by atoms with Crippen LogP contribution >= 0.6 is 0 Å². The number of ether oxygens (including phenoxy) is 1. The summed E-state index contributed by atoms with van der Waals surface area (Å²) in [5.41, 5.74) is 5.29. The lowest BCUT2D eigenvalue weighted by Crippen LogP contribution is -2.35. The predicted octanol–water partition coefficient (Wildman–Crippen LogP) is 3.99. The van der Waals surface area contributed by atoms with Gasteiger partial charge in [0, 0.05) is 66.8 Å². The summed E-state index contributed by atoms with van der Waals surface area (Å²) < 4.78 is 11.5. The number of fused-ring (bicyclic) bond motifs is 2. The van der Waals surface area contributed by atoms with Crippen LogP contribution in [-0.4, -0.2) is 51.9 Å². The Labute approximate surface area is 190 Å². The van der Waals surface area contributed by atoms with Crippen molar-refractivity contribution in [2.45, 2.75) is 19.4 Å². The number of nitrogens with zero attached hydrogens (tertiary/aromatic N) is 4. The smallest absolute Gasteiger partial charge is 0.197 e. The van der Waals surface area contributed by atoms with Gasteiger partial charge in [0.15, 0.2) is 23.0 Å². The van der Waals surface area contributed by atoms with Crippen LogP contribution in [0, 0.1) is 0 Å². The number of Topliss-reactive ketones (excluding diaryl/α,β-unsaturated/α-hetero) is 1. The van der Waals surface area contributed by atoms with Crippen LogP contribution in [0.25, 0.3) is 22.6 Å². The monoisotopic (exact) mass is 441 g/mol. The molecule has 0 radical (unpaired) electrons. The summed E-state index contributed by atoms with van der Waals surface area (Å²) in [5, 5.41) is 4.38. The quantitative estimate of drug-likeness (QED) is 0.497. The Bertz CT molecular complexity index is 1330. The van der Waals surface area contributed by atoms with Gasteiger partial charge in [-0.15, -0.1) is 0 Å². The highest BCUT2D eigenvalue weighted by atomic mass is 16.5. The number of aryl methyl sites for hydroxylation is 1. The topological polar surface area (TPSA) is 93.4 Å². The lowest BCUT2D eigenvalue weighted by atomic mass is 10.1. The number of furan rings is 1. The van der Waals surface area contributed by atoms with Crippen molar-refractivity contribution in [1.29, 1.82) is 0 Å². The van der Waals surface area contributed by atoms with Crippen LogP contribution in [0.2, 0.25) is 0 Å². The van der Waals surface area contributed by atoms with E-state index >= 15 is 0 Å². The number of pyridine rings is 1. The third-order valence-electron chi connectivity index (χ3n) is 6.21. The molecule has 1 saturated heterocycles. The summed E-state index contributed by atoms with van der Waals surface area (Å²) in [5.74, 6) is 1.28. The van der Waals surface area contributed by atoms with Gasteiger partial charge in [-0.2, -0.15) is 0 Å². The maximum Gasteiger partial charge on any atom is 0.197 e.